The van der Waals surface area contributed by atoms with Gasteiger partial charge in [-0.15, -0.1) is 10.2 Å². The van der Waals surface area contributed by atoms with E-state index in [9.17, 15) is 4.79 Å². The van der Waals surface area contributed by atoms with Crippen LogP contribution in [0.1, 0.15) is 38.3 Å². The van der Waals surface area contributed by atoms with Gasteiger partial charge in [0.05, 0.1) is 12.1 Å². The number of allylic oxidation sites excluding steroid dienone is 1. The van der Waals surface area contributed by atoms with Gasteiger partial charge in [0.2, 0.25) is 0 Å². The van der Waals surface area contributed by atoms with Crippen LogP contribution in [0.25, 0.3) is 22.1 Å². The number of rotatable bonds is 5. The lowest BCUT2D eigenvalue weighted by molar-refractivity contribution is 0.100. The molecule has 5 rings (SSSR count). The molecule has 0 spiro atoms. The summed E-state index contributed by atoms with van der Waals surface area (Å²) in [5, 5.41) is 9.70. The quantitative estimate of drug-likeness (QED) is 0.580. The molecule has 0 aliphatic carbocycles. The maximum absolute atomic E-state index is 15.9. The van der Waals surface area contributed by atoms with E-state index in [0.717, 1.165) is 31.3 Å². The van der Waals surface area contributed by atoms with Gasteiger partial charge in [-0.2, -0.15) is 0 Å². The van der Waals surface area contributed by atoms with E-state index in [-0.39, 0.29) is 23.6 Å². The summed E-state index contributed by atoms with van der Waals surface area (Å²) in [7, 11) is 5.84. The van der Waals surface area contributed by atoms with Gasteiger partial charge in [-0.25, -0.2) is 9.18 Å². The number of imidazole rings is 1. The summed E-state index contributed by atoms with van der Waals surface area (Å²) in [6.07, 6.45) is 7.84. The van der Waals surface area contributed by atoms with Crippen molar-refractivity contribution in [2.75, 3.05) is 33.7 Å². The molecule has 180 valence electrons. The van der Waals surface area contributed by atoms with E-state index in [1.165, 1.54) is 10.6 Å². The van der Waals surface area contributed by atoms with Crippen molar-refractivity contribution >= 4 is 28.3 Å². The monoisotopic (exact) mass is 465 g/mol. The van der Waals surface area contributed by atoms with E-state index in [4.69, 9.17) is 0 Å². The first-order chi connectivity index (χ1) is 16.3. The van der Waals surface area contributed by atoms with Gasteiger partial charge >= 0.3 is 5.69 Å². The van der Waals surface area contributed by atoms with E-state index in [2.05, 4.69) is 45.2 Å². The van der Waals surface area contributed by atoms with Gasteiger partial charge in [0, 0.05) is 42.8 Å². The van der Waals surface area contributed by atoms with Gasteiger partial charge in [-0.1, -0.05) is 6.08 Å². The Balaban J connectivity index is 1.83. The molecule has 2 aliphatic rings. The number of hydrogen-bond donors (Lipinski definition) is 0. The highest BCUT2D eigenvalue weighted by atomic mass is 19.1. The first-order valence-corrected chi connectivity index (χ1v) is 11.9. The number of likely N-dealkylation sites (tertiary alicyclic amines) is 1. The van der Waals surface area contributed by atoms with Crippen molar-refractivity contribution in [1.29, 1.82) is 0 Å². The number of benzene rings is 1. The van der Waals surface area contributed by atoms with E-state index in [1.807, 2.05) is 19.9 Å². The van der Waals surface area contributed by atoms with Crippen molar-refractivity contribution in [3.63, 3.8) is 0 Å². The van der Waals surface area contributed by atoms with Crippen LogP contribution >= 0.6 is 0 Å². The molecule has 0 radical (unpaired) electrons. The number of aliphatic imine (C=N–C) groups is 1. The molecule has 1 fully saturated rings. The smallest absolute Gasteiger partial charge is 0.308 e. The molecular formula is C25H32FN7O. The van der Waals surface area contributed by atoms with Crippen LogP contribution in [0.5, 0.6) is 0 Å². The Morgan fingerprint density at radius 3 is 2.74 bits per heavy atom. The van der Waals surface area contributed by atoms with Crippen LogP contribution in [-0.2, 0) is 12.6 Å². The Labute approximate surface area is 198 Å². The number of nitrogens with zero attached hydrogens (tertiary/aromatic N) is 7. The maximum Gasteiger partial charge on any atom is 0.330 e. The van der Waals surface area contributed by atoms with Gasteiger partial charge in [-0.05, 0) is 65.5 Å². The van der Waals surface area contributed by atoms with Crippen molar-refractivity contribution in [1.82, 2.24) is 29.1 Å². The zero-order valence-corrected chi connectivity index (χ0v) is 20.5. The zero-order valence-electron chi connectivity index (χ0n) is 20.5. The Hall–Kier alpha value is -2.91. The first-order valence-electron chi connectivity index (χ1n) is 11.9. The molecule has 0 amide bonds. The molecular weight excluding hydrogens is 433 g/mol. The molecule has 34 heavy (non-hydrogen) atoms. The van der Waals surface area contributed by atoms with Crippen molar-refractivity contribution in [2.45, 2.75) is 44.3 Å². The van der Waals surface area contributed by atoms with E-state index in [0.29, 0.717) is 28.8 Å². The first kappa shape index (κ1) is 22.9. The molecule has 2 aliphatic heterocycles. The fraction of sp³-hybridized carbons (Fsp3) is 0.520. The zero-order chi connectivity index (χ0) is 24.2. The Morgan fingerprint density at radius 2 is 2.06 bits per heavy atom. The Bertz CT molecular complexity index is 1370. The highest BCUT2D eigenvalue weighted by Crippen LogP contribution is 2.42. The van der Waals surface area contributed by atoms with E-state index >= 15 is 4.39 Å². The van der Waals surface area contributed by atoms with E-state index in [1.54, 1.807) is 23.9 Å². The number of likely N-dealkylation sites (N-methyl/N-ethyl adjacent to an activating group) is 1. The van der Waals surface area contributed by atoms with Crippen LogP contribution in [0.15, 0.2) is 34.1 Å². The molecule has 0 bridgehead atoms. The predicted molar refractivity (Wildman–Crippen MR) is 133 cm³/mol. The molecule has 0 N–H and O–H groups in total. The van der Waals surface area contributed by atoms with Crippen molar-refractivity contribution in [2.24, 2.45) is 12.0 Å². The summed E-state index contributed by atoms with van der Waals surface area (Å²) in [6, 6.07) is 3.43. The lowest BCUT2D eigenvalue weighted by Gasteiger charge is -2.44. The minimum absolute atomic E-state index is 0.0757. The molecule has 3 aromatic rings. The topological polar surface area (TPSA) is 71.6 Å². The maximum atomic E-state index is 15.9. The van der Waals surface area contributed by atoms with Crippen molar-refractivity contribution in [3.05, 3.63) is 46.1 Å². The van der Waals surface area contributed by atoms with Crippen molar-refractivity contribution in [3.8, 4) is 0 Å². The summed E-state index contributed by atoms with van der Waals surface area (Å²) in [5.74, 6) is -0.326. The van der Waals surface area contributed by atoms with Crippen molar-refractivity contribution < 1.29 is 4.39 Å². The predicted octanol–water partition coefficient (Wildman–Crippen LogP) is 2.87. The van der Waals surface area contributed by atoms with Gasteiger partial charge in [0.15, 0.2) is 5.65 Å². The third-order valence-corrected chi connectivity index (χ3v) is 7.20. The van der Waals surface area contributed by atoms with Gasteiger partial charge in [0.25, 0.3) is 0 Å². The molecule has 9 heteroatoms. The van der Waals surface area contributed by atoms with Crippen LogP contribution in [-0.4, -0.2) is 75.1 Å². The summed E-state index contributed by atoms with van der Waals surface area (Å²) < 4.78 is 19.1. The van der Waals surface area contributed by atoms with Gasteiger partial charge in [0.1, 0.15) is 16.9 Å². The molecule has 1 saturated heterocycles. The number of aromatic nitrogens is 4. The van der Waals surface area contributed by atoms with Crippen LogP contribution < -0.4 is 5.69 Å². The van der Waals surface area contributed by atoms with Crippen LogP contribution in [0.2, 0.25) is 0 Å². The Kier molecular flexibility index (Phi) is 5.64. The molecule has 1 aromatic carbocycles. The number of dihydropyridines is 1. The normalized spacial score (nSPS) is 23.4. The van der Waals surface area contributed by atoms with Gasteiger partial charge in [-0.3, -0.25) is 19.0 Å². The Morgan fingerprint density at radius 1 is 1.26 bits per heavy atom. The number of halogens is 1. The van der Waals surface area contributed by atoms with Crippen LogP contribution in [0.3, 0.4) is 0 Å². The SMILES string of the molecule is CC(C)n1c(=O)n(C)c2nnc3c(C4(N5CCCC5CN(C)C)C=CC=NC4)c(F)ccc3c21. The third kappa shape index (κ3) is 3.32. The van der Waals surface area contributed by atoms with Crippen LogP contribution in [0, 0.1) is 5.82 Å². The summed E-state index contributed by atoms with van der Waals surface area (Å²) in [5.41, 5.74) is 1.25. The lowest BCUT2D eigenvalue weighted by atomic mass is 9.83. The highest BCUT2D eigenvalue weighted by Gasteiger charge is 2.46. The second kappa shape index (κ2) is 8.39. The second-order valence-corrected chi connectivity index (χ2v) is 10.0. The number of aryl methyl sites for hydroxylation is 1. The highest BCUT2D eigenvalue weighted by molar-refractivity contribution is 6.02. The van der Waals surface area contributed by atoms with Gasteiger partial charge < -0.3 is 4.90 Å². The average Bonchev–Trinajstić information content (AvgIpc) is 3.36. The number of fused-ring (bicyclic) bond motifs is 3. The number of hydrogen-bond acceptors (Lipinski definition) is 6. The van der Waals surface area contributed by atoms with Crippen LogP contribution in [0.4, 0.5) is 4.39 Å². The lowest BCUT2D eigenvalue weighted by Crippen LogP contribution is -2.53. The summed E-state index contributed by atoms with van der Waals surface area (Å²) >= 11 is 0. The third-order valence-electron chi connectivity index (χ3n) is 7.20. The molecule has 2 atom stereocenters. The minimum Gasteiger partial charge on any atom is -0.308 e. The summed E-state index contributed by atoms with van der Waals surface area (Å²) in [4.78, 5) is 22.2. The second-order valence-electron chi connectivity index (χ2n) is 10.0. The average molecular weight is 466 g/mol. The molecule has 2 aromatic heterocycles. The molecule has 8 nitrogen and oxygen atoms in total. The molecule has 4 heterocycles. The van der Waals surface area contributed by atoms with E-state index < -0.39 is 5.54 Å². The fourth-order valence-electron chi connectivity index (χ4n) is 5.80. The standard InChI is InChI=1S/C25H32FN7O/c1-16(2)33-22-18-9-10-19(26)20(21(18)28-29-23(22)31(5)24(33)34)25(11-7-12-27-15-25)32-13-6-8-17(32)14-30(3)4/h7,9-12,16-17H,6,8,13-15H2,1-5H3. The minimum atomic E-state index is -0.768. The molecule has 2 unspecified atom stereocenters. The fourth-order valence-corrected chi connectivity index (χ4v) is 5.80. The summed E-state index contributed by atoms with van der Waals surface area (Å²) in [6.45, 7) is 6.08. The molecule has 0 saturated carbocycles. The largest absolute Gasteiger partial charge is 0.330 e.